The summed E-state index contributed by atoms with van der Waals surface area (Å²) < 4.78 is 43.0. The first-order valence-electron chi connectivity index (χ1n) is 4.81. The van der Waals surface area contributed by atoms with Crippen LogP contribution >= 0.6 is 11.6 Å². The molecule has 0 aliphatic carbocycles. The van der Waals surface area contributed by atoms with Crippen molar-refractivity contribution in [1.29, 1.82) is 0 Å². The summed E-state index contributed by atoms with van der Waals surface area (Å²) in [5.74, 6) is 0. The van der Waals surface area contributed by atoms with E-state index in [0.29, 0.717) is 0 Å². The minimum atomic E-state index is -0.501. The van der Waals surface area contributed by atoms with Crippen LogP contribution in [-0.4, -0.2) is 0 Å². The smallest absolute Gasteiger partial charge is 0.156 e. The van der Waals surface area contributed by atoms with Gasteiger partial charge in [0.25, 0.3) is 0 Å². The predicted octanol–water partition coefficient (Wildman–Crippen LogP) is 1.92. The molecule has 0 unspecified atom stereocenters. The monoisotopic (exact) mass is 133 g/mol. The van der Waals surface area contributed by atoms with E-state index >= 15 is 0 Å². The topological polar surface area (TPSA) is 26.0 Å². The largest absolute Gasteiger partial charge is 0.398 e. The molecular weight excluding hydrogens is 122 g/mol. The molecule has 0 aliphatic rings. The molecule has 42 valence electrons. The van der Waals surface area contributed by atoms with Crippen LogP contribution in [0, 0.1) is 0 Å². The Morgan fingerprint density at radius 2 is 2.38 bits per heavy atom. The van der Waals surface area contributed by atoms with Crippen molar-refractivity contribution < 1.29 is 8.31 Å². The average molecular weight is 134 g/mol. The van der Waals surface area contributed by atoms with Crippen molar-refractivity contribution in [1.82, 2.24) is 0 Å². The molecule has 0 saturated heterocycles. The molecule has 0 atom stereocenters. The van der Waals surface area contributed by atoms with Gasteiger partial charge in [-0.15, -0.1) is 0 Å². The summed E-state index contributed by atoms with van der Waals surface area (Å²) in [6.45, 7) is 0. The zero-order chi connectivity index (χ0) is 11.0. The first kappa shape index (κ1) is 1.64. The number of nitrogen functional groups attached to an aromatic ring is 1. The minimum Gasteiger partial charge on any atom is -0.398 e. The Bertz CT molecular complexity index is 350. The number of anilines is 1. The molecule has 2 heteroatoms. The lowest BCUT2D eigenvalue weighted by molar-refractivity contribution is 1.68. The van der Waals surface area contributed by atoms with Gasteiger partial charge in [0.15, 0.2) is 2.82 Å². The van der Waals surface area contributed by atoms with Crippen LogP contribution in [-0.2, 0) is 0 Å². The van der Waals surface area contributed by atoms with E-state index in [0.717, 1.165) is 0 Å². The molecule has 0 heterocycles. The second-order valence-corrected chi connectivity index (χ2v) is 1.54. The molecule has 1 rings (SSSR count). The van der Waals surface area contributed by atoms with E-state index in [1.807, 2.05) is 0 Å². The normalized spacial score (nSPS) is 19.1. The Morgan fingerprint density at radius 1 is 1.62 bits per heavy atom. The molecule has 1 aromatic carbocycles. The van der Waals surface area contributed by atoms with E-state index in [4.69, 9.17) is 19.9 Å². The first-order chi connectivity index (χ1) is 6.37. The standard InChI is InChI=1S/C6H6ClN/c7-5-3-1-2-4-6(5)8/h1-4H,8H2/i1D,2D,3D,4D/hD2. The predicted molar refractivity (Wildman–Crippen MR) is 35.9 cm³/mol. The third-order valence-electron chi connectivity index (χ3n) is 0.624. The van der Waals surface area contributed by atoms with Crippen molar-refractivity contribution in [2.45, 2.75) is 0 Å². The van der Waals surface area contributed by atoms with Crippen molar-refractivity contribution >= 4 is 17.3 Å². The van der Waals surface area contributed by atoms with Crippen LogP contribution in [0.4, 0.5) is 5.69 Å². The van der Waals surface area contributed by atoms with Crippen molar-refractivity contribution in [3.8, 4) is 0 Å². The van der Waals surface area contributed by atoms with Crippen LogP contribution in [0.25, 0.3) is 0 Å². The fraction of sp³-hybridized carbons (Fsp3) is 0. The lowest BCUT2D eigenvalue weighted by atomic mass is 10.3. The maximum Gasteiger partial charge on any atom is 0.156 e. The number of halogens is 1. The molecule has 0 spiro atoms. The maximum absolute atomic E-state index is 7.35. The van der Waals surface area contributed by atoms with Crippen LogP contribution in [0.15, 0.2) is 24.2 Å². The van der Waals surface area contributed by atoms with Gasteiger partial charge in [0.05, 0.1) is 16.2 Å². The summed E-state index contributed by atoms with van der Waals surface area (Å²) >= 11 is 5.58. The molecule has 1 nitrogen and oxygen atoms in total. The molecule has 0 saturated carbocycles. The summed E-state index contributed by atoms with van der Waals surface area (Å²) in [5, 5.41) is -0.319. The number of hydrogen-bond donors (Lipinski definition) is 1. The Hall–Kier alpha value is -0.690. The molecule has 1 aromatic rings. The average Bonchev–Trinajstić information content (AvgIpc) is 2.11. The molecule has 0 aliphatic heterocycles. The lowest BCUT2D eigenvalue weighted by Crippen LogP contribution is -1.82. The Morgan fingerprint density at radius 3 is 3.12 bits per heavy atom. The van der Waals surface area contributed by atoms with Crippen LogP contribution in [0.5, 0.6) is 0 Å². The highest BCUT2D eigenvalue weighted by molar-refractivity contribution is 6.33. The summed E-state index contributed by atoms with van der Waals surface area (Å²) in [6, 6.07) is -1.89. The molecule has 0 amide bonds. The molecule has 0 radical (unpaired) electrons. The number of hydrogen-bond acceptors (Lipinski definition) is 1. The number of nitrogens with two attached hydrogens (primary N) is 1. The fourth-order valence-corrected chi connectivity index (χ4v) is 0.385. The zero-order valence-corrected chi connectivity index (χ0v) is 4.58. The first-order valence-corrected chi connectivity index (χ1v) is 2.29. The third kappa shape index (κ3) is 0.928. The number of rotatable bonds is 1. The Balaban J connectivity index is 3.60. The van der Waals surface area contributed by atoms with Crippen LogP contribution in [0.3, 0.4) is 0 Å². The molecule has 0 aromatic heterocycles. The molecular formula is C6H6ClN. The quantitative estimate of drug-likeness (QED) is 0.582. The Kier molecular flexibility index (Phi) is 0.422. The van der Waals surface area contributed by atoms with Crippen molar-refractivity contribution in [3.05, 3.63) is 29.2 Å². The van der Waals surface area contributed by atoms with Crippen LogP contribution in [0.2, 0.25) is 7.85 Å². The fourth-order valence-electron chi connectivity index (χ4n) is 0.291. The van der Waals surface area contributed by atoms with Gasteiger partial charge in [-0.05, 0) is 12.1 Å². The summed E-state index contributed by atoms with van der Waals surface area (Å²) in [6.07, 6.45) is 0. The second-order valence-electron chi connectivity index (χ2n) is 1.16. The number of para-hydroxylation sites is 1. The van der Waals surface area contributed by atoms with Gasteiger partial charge in [0.2, 0.25) is 0 Å². The van der Waals surface area contributed by atoms with E-state index in [1.165, 1.54) is 0 Å². The highest BCUT2D eigenvalue weighted by Gasteiger charge is 1.87. The molecule has 2 N–H and O–H groups in total. The van der Waals surface area contributed by atoms with Crippen molar-refractivity contribution in [3.63, 3.8) is 0 Å². The Labute approximate surface area is 61.6 Å². The third-order valence-corrected chi connectivity index (χ3v) is 0.897. The van der Waals surface area contributed by atoms with E-state index in [2.05, 4.69) is 0 Å². The number of benzene rings is 1. The van der Waals surface area contributed by atoms with E-state index in [9.17, 15) is 0 Å². The molecule has 0 fully saturated rings. The van der Waals surface area contributed by atoms with Crippen molar-refractivity contribution in [2.75, 3.05) is 5.72 Å². The summed E-state index contributed by atoms with van der Waals surface area (Å²) in [7, 11) is 0. The lowest BCUT2D eigenvalue weighted by Gasteiger charge is -1.91. The van der Waals surface area contributed by atoms with Gasteiger partial charge in [0.1, 0.15) is 0 Å². The van der Waals surface area contributed by atoms with E-state index in [1.54, 1.807) is 0 Å². The molecule has 8 heavy (non-hydrogen) atoms. The van der Waals surface area contributed by atoms with E-state index in [-0.39, 0.29) is 16.4 Å². The van der Waals surface area contributed by atoms with Gasteiger partial charge in [-0.1, -0.05) is 23.7 Å². The van der Waals surface area contributed by atoms with Gasteiger partial charge in [0, 0.05) is 0 Å². The van der Waals surface area contributed by atoms with Crippen molar-refractivity contribution in [2.24, 2.45) is 0 Å². The highest BCUT2D eigenvalue weighted by atomic mass is 35.5. The van der Waals surface area contributed by atoms with Crippen LogP contribution in [0.1, 0.15) is 5.48 Å². The van der Waals surface area contributed by atoms with Gasteiger partial charge < -0.3 is 5.72 Å². The van der Waals surface area contributed by atoms with Gasteiger partial charge in [-0.25, -0.2) is 0 Å². The second kappa shape index (κ2) is 2.05. The van der Waals surface area contributed by atoms with Gasteiger partial charge >= 0.3 is 0 Å². The minimum absolute atomic E-state index is 0.0696. The highest BCUT2D eigenvalue weighted by Crippen LogP contribution is 2.15. The molecule has 0 bridgehead atoms. The van der Waals surface area contributed by atoms with E-state index < -0.39 is 24.2 Å². The van der Waals surface area contributed by atoms with Crippen LogP contribution < -0.4 is 5.72 Å². The maximum atomic E-state index is 7.35. The van der Waals surface area contributed by atoms with Gasteiger partial charge in [-0.3, -0.25) is 0 Å². The SMILES string of the molecule is [2H]c1c([2H])c([2H])c(N([2H])[2H])c(Cl)c1[2H]. The summed E-state index contributed by atoms with van der Waals surface area (Å²) in [4.78, 5) is 0. The summed E-state index contributed by atoms with van der Waals surface area (Å²) in [5.41, 5.74) is -0.280. The van der Waals surface area contributed by atoms with Gasteiger partial charge in [-0.2, -0.15) is 0 Å². The zero-order valence-electron chi connectivity index (χ0n) is 9.83.